The third kappa shape index (κ3) is 2.79. The second-order valence-electron chi connectivity index (χ2n) is 3.33. The summed E-state index contributed by atoms with van der Waals surface area (Å²) in [5, 5.41) is 2.68. The van der Waals surface area contributed by atoms with Gasteiger partial charge in [-0.15, -0.1) is 0 Å². The van der Waals surface area contributed by atoms with Gasteiger partial charge < -0.3 is 10.1 Å². The molecule has 1 amide bonds. The molecule has 0 aromatic carbocycles. The van der Waals surface area contributed by atoms with E-state index in [-0.39, 0.29) is 11.6 Å². The summed E-state index contributed by atoms with van der Waals surface area (Å²) in [4.78, 5) is 23.7. The number of anilines is 1. The predicted molar refractivity (Wildman–Crippen MR) is 65.4 cm³/mol. The number of carbonyl (C=O) groups excluding carboxylic acids is 1. The van der Waals surface area contributed by atoms with E-state index in [1.165, 1.54) is 18.6 Å². The zero-order chi connectivity index (χ0) is 12.8. The molecule has 1 N–H and O–H groups in total. The van der Waals surface area contributed by atoms with E-state index in [9.17, 15) is 4.79 Å². The second kappa shape index (κ2) is 5.72. The Balaban J connectivity index is 2.17. The number of pyridine rings is 1. The van der Waals surface area contributed by atoms with Crippen LogP contribution in [0, 0.1) is 0 Å². The molecule has 0 aliphatic carbocycles. The summed E-state index contributed by atoms with van der Waals surface area (Å²) >= 11 is 0. The molecule has 0 aliphatic heterocycles. The van der Waals surface area contributed by atoms with Gasteiger partial charge >= 0.3 is 0 Å². The highest BCUT2D eigenvalue weighted by molar-refractivity contribution is 6.03. The molecular weight excluding hydrogens is 232 g/mol. The topological polar surface area (TPSA) is 77.0 Å². The van der Waals surface area contributed by atoms with Crippen molar-refractivity contribution >= 4 is 11.6 Å². The summed E-state index contributed by atoms with van der Waals surface area (Å²) in [6.07, 6.45) is 5.96. The summed E-state index contributed by atoms with van der Waals surface area (Å²) < 4.78 is 5.31. The van der Waals surface area contributed by atoms with Crippen molar-refractivity contribution in [1.82, 2.24) is 15.0 Å². The maximum absolute atomic E-state index is 11.9. The molecule has 0 spiro atoms. The fourth-order valence-corrected chi connectivity index (χ4v) is 1.34. The molecular formula is C12H12N4O2. The molecule has 0 aliphatic rings. The lowest BCUT2D eigenvalue weighted by Gasteiger charge is -2.09. The van der Waals surface area contributed by atoms with E-state index in [1.807, 2.05) is 6.92 Å². The van der Waals surface area contributed by atoms with Crippen LogP contribution in [0.3, 0.4) is 0 Å². The van der Waals surface area contributed by atoms with Crippen molar-refractivity contribution in [2.45, 2.75) is 6.92 Å². The first kappa shape index (κ1) is 12.0. The number of hydrogen-bond donors (Lipinski definition) is 1. The van der Waals surface area contributed by atoms with Gasteiger partial charge in [0.15, 0.2) is 0 Å². The molecule has 18 heavy (non-hydrogen) atoms. The van der Waals surface area contributed by atoms with Crippen LogP contribution in [0.4, 0.5) is 5.69 Å². The molecule has 0 atom stereocenters. The molecule has 0 radical (unpaired) electrons. The zero-order valence-electron chi connectivity index (χ0n) is 9.83. The van der Waals surface area contributed by atoms with Crippen molar-refractivity contribution in [2.75, 3.05) is 11.9 Å². The third-order valence-electron chi connectivity index (χ3n) is 2.10. The number of carbonyl (C=O) groups is 1. The molecule has 0 bridgehead atoms. The van der Waals surface area contributed by atoms with Crippen molar-refractivity contribution in [1.29, 1.82) is 0 Å². The van der Waals surface area contributed by atoms with Gasteiger partial charge in [-0.3, -0.25) is 9.78 Å². The van der Waals surface area contributed by atoms with Crippen molar-refractivity contribution < 1.29 is 9.53 Å². The van der Waals surface area contributed by atoms with E-state index < -0.39 is 0 Å². The van der Waals surface area contributed by atoms with E-state index in [4.69, 9.17) is 4.74 Å². The van der Waals surface area contributed by atoms with Crippen molar-refractivity contribution in [3.63, 3.8) is 0 Å². The number of rotatable bonds is 4. The van der Waals surface area contributed by atoms with Gasteiger partial charge in [-0.25, -0.2) is 9.97 Å². The summed E-state index contributed by atoms with van der Waals surface area (Å²) in [5.74, 6) is 0.0364. The molecule has 0 saturated heterocycles. The van der Waals surface area contributed by atoms with Crippen molar-refractivity contribution in [3.05, 3.63) is 42.6 Å². The number of aromatic nitrogens is 3. The zero-order valence-corrected chi connectivity index (χ0v) is 9.83. The Labute approximate surface area is 104 Å². The second-order valence-corrected chi connectivity index (χ2v) is 3.33. The predicted octanol–water partition coefficient (Wildman–Crippen LogP) is 1.52. The van der Waals surface area contributed by atoms with E-state index >= 15 is 0 Å². The molecule has 2 rings (SSSR count). The first-order chi connectivity index (χ1) is 8.81. The lowest BCUT2D eigenvalue weighted by atomic mass is 10.3. The van der Waals surface area contributed by atoms with Crippen LogP contribution in [0.25, 0.3) is 0 Å². The molecule has 6 heteroatoms. The van der Waals surface area contributed by atoms with Crippen LogP contribution in [0.2, 0.25) is 0 Å². The summed E-state index contributed by atoms with van der Waals surface area (Å²) in [5.41, 5.74) is 0.749. The largest absolute Gasteiger partial charge is 0.476 e. The van der Waals surface area contributed by atoms with Crippen LogP contribution in [0.15, 0.2) is 36.9 Å². The number of nitrogens with zero attached hydrogens (tertiary/aromatic N) is 3. The Hall–Kier alpha value is -2.50. The molecule has 2 aromatic heterocycles. The number of amides is 1. The molecule has 2 aromatic rings. The lowest BCUT2D eigenvalue weighted by molar-refractivity contribution is 0.102. The van der Waals surface area contributed by atoms with E-state index in [0.29, 0.717) is 18.2 Å². The van der Waals surface area contributed by atoms with Crippen LogP contribution in [0.5, 0.6) is 5.88 Å². The summed E-state index contributed by atoms with van der Waals surface area (Å²) in [7, 11) is 0. The SMILES string of the molecule is CCOc1ncccc1NC(=O)c1cnccn1. The van der Waals surface area contributed by atoms with E-state index in [0.717, 1.165) is 0 Å². The average Bonchev–Trinajstić information content (AvgIpc) is 2.42. The van der Waals surface area contributed by atoms with Gasteiger partial charge in [-0.2, -0.15) is 0 Å². The molecule has 92 valence electrons. The van der Waals surface area contributed by atoms with Crippen LogP contribution in [-0.4, -0.2) is 27.5 Å². The summed E-state index contributed by atoms with van der Waals surface area (Å²) in [6.45, 7) is 2.33. The Morgan fingerprint density at radius 3 is 2.94 bits per heavy atom. The van der Waals surface area contributed by atoms with Crippen LogP contribution in [0.1, 0.15) is 17.4 Å². The highest BCUT2D eigenvalue weighted by Gasteiger charge is 2.11. The standard InChI is InChI=1S/C12H12N4O2/c1-2-18-12-9(4-3-5-15-12)16-11(17)10-8-13-6-7-14-10/h3-8H,2H2,1H3,(H,16,17). The fourth-order valence-electron chi connectivity index (χ4n) is 1.34. The normalized spacial score (nSPS) is 9.83. The van der Waals surface area contributed by atoms with Crippen molar-refractivity contribution in [3.8, 4) is 5.88 Å². The van der Waals surface area contributed by atoms with Gasteiger partial charge in [0.05, 0.1) is 12.8 Å². The first-order valence-corrected chi connectivity index (χ1v) is 5.46. The molecule has 0 fully saturated rings. The molecule has 0 unspecified atom stereocenters. The van der Waals surface area contributed by atoms with Crippen LogP contribution < -0.4 is 10.1 Å². The fraction of sp³-hybridized carbons (Fsp3) is 0.167. The van der Waals surface area contributed by atoms with Crippen molar-refractivity contribution in [2.24, 2.45) is 0 Å². The monoisotopic (exact) mass is 244 g/mol. The van der Waals surface area contributed by atoms with Crippen LogP contribution >= 0.6 is 0 Å². The Morgan fingerprint density at radius 2 is 2.22 bits per heavy atom. The summed E-state index contributed by atoms with van der Waals surface area (Å²) in [6, 6.07) is 3.43. The van der Waals surface area contributed by atoms with Gasteiger partial charge in [0, 0.05) is 18.6 Å². The number of nitrogens with one attached hydrogen (secondary N) is 1. The molecule has 2 heterocycles. The van der Waals surface area contributed by atoms with E-state index in [2.05, 4.69) is 20.3 Å². The van der Waals surface area contributed by atoms with Crippen LogP contribution in [-0.2, 0) is 0 Å². The van der Waals surface area contributed by atoms with Gasteiger partial charge in [0.1, 0.15) is 11.4 Å². The minimum atomic E-state index is -0.350. The molecule has 6 nitrogen and oxygen atoms in total. The Morgan fingerprint density at radius 1 is 1.33 bits per heavy atom. The van der Waals surface area contributed by atoms with Gasteiger partial charge in [-0.1, -0.05) is 0 Å². The first-order valence-electron chi connectivity index (χ1n) is 5.46. The highest BCUT2D eigenvalue weighted by Crippen LogP contribution is 2.20. The maximum atomic E-state index is 11.9. The van der Waals surface area contributed by atoms with Gasteiger partial charge in [0.25, 0.3) is 5.91 Å². The Kier molecular flexibility index (Phi) is 3.80. The lowest BCUT2D eigenvalue weighted by Crippen LogP contribution is -2.15. The highest BCUT2D eigenvalue weighted by atomic mass is 16.5. The maximum Gasteiger partial charge on any atom is 0.276 e. The number of ether oxygens (including phenoxy) is 1. The van der Waals surface area contributed by atoms with Gasteiger partial charge in [-0.05, 0) is 19.1 Å². The molecule has 0 saturated carbocycles. The number of hydrogen-bond acceptors (Lipinski definition) is 5. The van der Waals surface area contributed by atoms with E-state index in [1.54, 1.807) is 18.3 Å². The average molecular weight is 244 g/mol. The minimum absolute atomic E-state index is 0.240. The Bertz CT molecular complexity index is 531. The van der Waals surface area contributed by atoms with Gasteiger partial charge in [0.2, 0.25) is 5.88 Å². The third-order valence-corrected chi connectivity index (χ3v) is 2.10. The minimum Gasteiger partial charge on any atom is -0.476 e. The smallest absolute Gasteiger partial charge is 0.276 e. The quantitative estimate of drug-likeness (QED) is 0.882.